The molecule has 22 heavy (non-hydrogen) atoms. The smallest absolute Gasteiger partial charge is 0.320 e. The van der Waals surface area contributed by atoms with Gasteiger partial charge < -0.3 is 14.7 Å². The van der Waals surface area contributed by atoms with Gasteiger partial charge in [0.2, 0.25) is 0 Å². The van der Waals surface area contributed by atoms with E-state index >= 15 is 0 Å². The summed E-state index contributed by atoms with van der Waals surface area (Å²) in [6.45, 7) is 2.91. The van der Waals surface area contributed by atoms with Crippen LogP contribution in [0.4, 0.5) is 10.6 Å². The van der Waals surface area contributed by atoms with Crippen molar-refractivity contribution in [3.63, 3.8) is 0 Å². The molecule has 2 aliphatic rings. The normalized spacial score (nSPS) is 19.5. The number of amides is 2. The molecule has 2 amide bonds. The number of rotatable bonds is 2. The number of carbonyl (C=O) groups excluding carboxylic acids is 1. The van der Waals surface area contributed by atoms with Crippen LogP contribution in [0, 0.1) is 0 Å². The van der Waals surface area contributed by atoms with Gasteiger partial charge in [-0.15, -0.1) is 0 Å². The minimum Gasteiger partial charge on any atom is -0.352 e. The molecule has 0 N–H and O–H groups in total. The van der Waals surface area contributed by atoms with Crippen molar-refractivity contribution in [2.24, 2.45) is 0 Å². The van der Waals surface area contributed by atoms with Gasteiger partial charge in [0.15, 0.2) is 5.82 Å². The second-order valence-electron chi connectivity index (χ2n) is 6.00. The van der Waals surface area contributed by atoms with Gasteiger partial charge in [0.05, 0.1) is 6.20 Å². The van der Waals surface area contributed by atoms with Crippen LogP contribution in [0.3, 0.4) is 0 Å². The molecule has 0 unspecified atom stereocenters. The Hall–Kier alpha value is -1.56. The number of halogens is 1. The number of hydrogen-bond acceptors (Lipinski definition) is 4. The van der Waals surface area contributed by atoms with Gasteiger partial charge in [-0.05, 0) is 12.8 Å². The fourth-order valence-electron chi connectivity index (χ4n) is 3.32. The van der Waals surface area contributed by atoms with Gasteiger partial charge >= 0.3 is 6.03 Å². The number of carbonyl (C=O) groups is 1. The molecule has 1 saturated carbocycles. The maximum atomic E-state index is 12.6. The first-order chi connectivity index (χ1) is 10.7. The van der Waals surface area contributed by atoms with Crippen LogP contribution in [-0.4, -0.2) is 65.1 Å². The van der Waals surface area contributed by atoms with Crippen LogP contribution in [0.5, 0.6) is 0 Å². The molecule has 1 saturated heterocycles. The Bertz CT molecular complexity index is 526. The van der Waals surface area contributed by atoms with Crippen molar-refractivity contribution in [3.8, 4) is 0 Å². The Kier molecular flexibility index (Phi) is 4.66. The van der Waals surface area contributed by atoms with Gasteiger partial charge in [-0.25, -0.2) is 14.8 Å². The fourth-order valence-corrected chi connectivity index (χ4v) is 3.54. The molecular formula is C15H22ClN5O. The molecule has 1 aliphatic carbocycles. The van der Waals surface area contributed by atoms with Crippen molar-refractivity contribution in [1.29, 1.82) is 0 Å². The molecule has 3 rings (SSSR count). The topological polar surface area (TPSA) is 52.6 Å². The largest absolute Gasteiger partial charge is 0.352 e. The third kappa shape index (κ3) is 3.11. The van der Waals surface area contributed by atoms with E-state index < -0.39 is 0 Å². The zero-order valence-corrected chi connectivity index (χ0v) is 13.7. The Morgan fingerprint density at radius 1 is 1.27 bits per heavy atom. The summed E-state index contributed by atoms with van der Waals surface area (Å²) >= 11 is 6.14. The van der Waals surface area contributed by atoms with Crippen LogP contribution >= 0.6 is 11.6 Å². The minimum atomic E-state index is 0.153. The average Bonchev–Trinajstić information content (AvgIpc) is 3.09. The van der Waals surface area contributed by atoms with E-state index in [2.05, 4.69) is 14.9 Å². The predicted molar refractivity (Wildman–Crippen MR) is 86.2 cm³/mol. The monoisotopic (exact) mass is 323 g/mol. The van der Waals surface area contributed by atoms with Crippen LogP contribution in [0.1, 0.15) is 25.7 Å². The lowest BCUT2D eigenvalue weighted by Gasteiger charge is -2.38. The van der Waals surface area contributed by atoms with E-state index in [0.717, 1.165) is 31.7 Å². The maximum absolute atomic E-state index is 12.6. The highest BCUT2D eigenvalue weighted by atomic mass is 35.5. The van der Waals surface area contributed by atoms with Gasteiger partial charge in [-0.1, -0.05) is 24.4 Å². The van der Waals surface area contributed by atoms with Gasteiger partial charge in [0, 0.05) is 39.3 Å². The Morgan fingerprint density at radius 3 is 2.59 bits per heavy atom. The molecule has 2 fully saturated rings. The third-order valence-electron chi connectivity index (χ3n) is 4.67. The van der Waals surface area contributed by atoms with E-state index in [9.17, 15) is 4.79 Å². The quantitative estimate of drug-likeness (QED) is 0.837. The van der Waals surface area contributed by atoms with Crippen molar-refractivity contribution in [1.82, 2.24) is 19.8 Å². The number of anilines is 1. The highest BCUT2D eigenvalue weighted by Crippen LogP contribution is 2.25. The van der Waals surface area contributed by atoms with Crippen LogP contribution in [-0.2, 0) is 0 Å². The second-order valence-corrected chi connectivity index (χ2v) is 6.41. The molecule has 1 aromatic rings. The van der Waals surface area contributed by atoms with Crippen molar-refractivity contribution in [2.45, 2.75) is 31.7 Å². The van der Waals surface area contributed by atoms with Crippen molar-refractivity contribution in [2.75, 3.05) is 38.1 Å². The number of urea groups is 1. The molecule has 6 nitrogen and oxygen atoms in total. The summed E-state index contributed by atoms with van der Waals surface area (Å²) in [5.41, 5.74) is 0. The first kappa shape index (κ1) is 15.3. The molecule has 1 aliphatic heterocycles. The average molecular weight is 324 g/mol. The van der Waals surface area contributed by atoms with Gasteiger partial charge in [-0.2, -0.15) is 0 Å². The van der Waals surface area contributed by atoms with E-state index in [1.165, 1.54) is 19.2 Å². The number of nitrogens with zero attached hydrogens (tertiary/aromatic N) is 5. The lowest BCUT2D eigenvalue weighted by atomic mass is 10.2. The van der Waals surface area contributed by atoms with Crippen LogP contribution in [0.2, 0.25) is 5.02 Å². The van der Waals surface area contributed by atoms with Gasteiger partial charge in [0.1, 0.15) is 11.3 Å². The number of aromatic nitrogens is 2. The molecule has 0 aromatic carbocycles. The summed E-state index contributed by atoms with van der Waals surface area (Å²) in [6.07, 6.45) is 7.87. The molecular weight excluding hydrogens is 302 g/mol. The van der Waals surface area contributed by atoms with Crippen molar-refractivity contribution >= 4 is 23.4 Å². The fraction of sp³-hybridized carbons (Fsp3) is 0.667. The highest BCUT2D eigenvalue weighted by Gasteiger charge is 2.29. The first-order valence-corrected chi connectivity index (χ1v) is 8.27. The number of piperazine rings is 1. The summed E-state index contributed by atoms with van der Waals surface area (Å²) in [7, 11) is 1.94. The lowest BCUT2D eigenvalue weighted by molar-refractivity contribution is 0.144. The molecule has 2 heterocycles. The van der Waals surface area contributed by atoms with E-state index in [4.69, 9.17) is 11.6 Å². The summed E-state index contributed by atoms with van der Waals surface area (Å²) in [5, 5.41) is 0.561. The molecule has 0 radical (unpaired) electrons. The zero-order valence-electron chi connectivity index (χ0n) is 12.9. The van der Waals surface area contributed by atoms with E-state index in [0.29, 0.717) is 24.2 Å². The summed E-state index contributed by atoms with van der Waals surface area (Å²) in [5.74, 6) is 0.757. The summed E-state index contributed by atoms with van der Waals surface area (Å²) in [6, 6.07) is 0.571. The maximum Gasteiger partial charge on any atom is 0.320 e. The van der Waals surface area contributed by atoms with Crippen molar-refractivity contribution < 1.29 is 4.79 Å². The van der Waals surface area contributed by atoms with E-state index in [-0.39, 0.29) is 6.03 Å². The van der Waals surface area contributed by atoms with Crippen molar-refractivity contribution in [3.05, 3.63) is 17.5 Å². The molecule has 0 spiro atoms. The summed E-state index contributed by atoms with van der Waals surface area (Å²) < 4.78 is 0. The van der Waals surface area contributed by atoms with E-state index in [1.54, 1.807) is 6.20 Å². The molecule has 1 aromatic heterocycles. The standard InChI is InChI=1S/C15H22ClN5O/c1-19(12-4-2-3-5-12)15(22)21-8-6-20(7-9-21)14-13(16)10-17-11-18-14/h10-12H,2-9H2,1H3. The molecule has 7 heteroatoms. The van der Waals surface area contributed by atoms with E-state index in [1.807, 2.05) is 16.8 Å². The minimum absolute atomic E-state index is 0.153. The highest BCUT2D eigenvalue weighted by molar-refractivity contribution is 6.32. The Morgan fingerprint density at radius 2 is 1.95 bits per heavy atom. The van der Waals surface area contributed by atoms with Gasteiger partial charge in [-0.3, -0.25) is 0 Å². The predicted octanol–water partition coefficient (Wildman–Crippen LogP) is 2.25. The molecule has 0 bridgehead atoms. The van der Waals surface area contributed by atoms with Crippen LogP contribution in [0.25, 0.3) is 0 Å². The third-order valence-corrected chi connectivity index (χ3v) is 4.94. The summed E-state index contributed by atoms with van der Waals surface area (Å²) in [4.78, 5) is 26.7. The molecule has 120 valence electrons. The number of hydrogen-bond donors (Lipinski definition) is 0. The van der Waals surface area contributed by atoms with Crippen LogP contribution in [0.15, 0.2) is 12.5 Å². The zero-order chi connectivity index (χ0) is 15.5. The second kappa shape index (κ2) is 6.69. The molecule has 0 atom stereocenters. The Labute approximate surface area is 136 Å². The first-order valence-electron chi connectivity index (χ1n) is 7.89. The lowest BCUT2D eigenvalue weighted by Crippen LogP contribution is -2.53. The van der Waals surface area contributed by atoms with Crippen LogP contribution < -0.4 is 4.90 Å². The van der Waals surface area contributed by atoms with Gasteiger partial charge in [0.25, 0.3) is 0 Å². The Balaban J connectivity index is 1.57. The SMILES string of the molecule is CN(C(=O)N1CCN(c2ncncc2Cl)CC1)C1CCCC1.